The number of para-hydroxylation sites is 2. The first-order chi connectivity index (χ1) is 16.7. The molecule has 7 heteroatoms. The summed E-state index contributed by atoms with van der Waals surface area (Å²) >= 11 is 0. The molecule has 7 nitrogen and oxygen atoms in total. The van der Waals surface area contributed by atoms with E-state index in [1.54, 1.807) is 13.0 Å². The van der Waals surface area contributed by atoms with Gasteiger partial charge in [0.15, 0.2) is 11.6 Å². The molecule has 2 heterocycles. The minimum atomic E-state index is -0.407. The van der Waals surface area contributed by atoms with Crippen molar-refractivity contribution in [3.63, 3.8) is 0 Å². The largest absolute Gasteiger partial charge is 0.360 e. The molecule has 1 aliphatic heterocycles. The number of hydrogen-bond acceptors (Lipinski definition) is 6. The molecule has 35 heavy (non-hydrogen) atoms. The Labute approximate surface area is 205 Å². The summed E-state index contributed by atoms with van der Waals surface area (Å²) in [5.41, 5.74) is 5.37. The lowest BCUT2D eigenvalue weighted by molar-refractivity contribution is -0.119. The van der Waals surface area contributed by atoms with E-state index in [2.05, 4.69) is 41.8 Å². The molecule has 1 amide bonds. The number of aromatic nitrogens is 1. The molecule has 180 valence electrons. The molecule has 0 bridgehead atoms. The average Bonchev–Trinajstić information content (AvgIpc) is 3.14. The van der Waals surface area contributed by atoms with Crippen molar-refractivity contribution in [1.82, 2.24) is 5.16 Å². The Kier molecular flexibility index (Phi) is 5.71. The normalized spacial score (nSPS) is 18.9. The molecule has 0 saturated heterocycles. The van der Waals surface area contributed by atoms with Gasteiger partial charge in [0.05, 0.1) is 24.0 Å². The van der Waals surface area contributed by atoms with Gasteiger partial charge in [-0.15, -0.1) is 0 Å². The summed E-state index contributed by atoms with van der Waals surface area (Å²) in [6.45, 7) is 8.10. The van der Waals surface area contributed by atoms with E-state index in [0.717, 1.165) is 40.2 Å². The maximum Gasteiger partial charge on any atom is 0.245 e. The van der Waals surface area contributed by atoms with Gasteiger partial charge in [-0.1, -0.05) is 61.0 Å². The average molecular weight is 471 g/mol. The number of carbonyl (C=O) groups excluding carboxylic acids is 2. The van der Waals surface area contributed by atoms with E-state index >= 15 is 0 Å². The van der Waals surface area contributed by atoms with Crippen molar-refractivity contribution in [2.24, 2.45) is 5.41 Å². The predicted molar refractivity (Wildman–Crippen MR) is 136 cm³/mol. The third-order valence-corrected chi connectivity index (χ3v) is 6.61. The summed E-state index contributed by atoms with van der Waals surface area (Å²) in [6.07, 6.45) is 1.22. The van der Waals surface area contributed by atoms with Crippen LogP contribution in [0.25, 0.3) is 0 Å². The second kappa shape index (κ2) is 8.73. The van der Waals surface area contributed by atoms with Crippen molar-refractivity contribution < 1.29 is 14.1 Å². The third-order valence-electron chi connectivity index (χ3n) is 6.61. The number of allylic oxidation sites excluding steroid dienone is 1. The number of nitrogens with zero attached hydrogens (tertiary/aromatic N) is 2. The Morgan fingerprint density at radius 2 is 1.89 bits per heavy atom. The van der Waals surface area contributed by atoms with Crippen molar-refractivity contribution in [2.75, 3.05) is 22.1 Å². The number of benzene rings is 2. The highest BCUT2D eigenvalue weighted by atomic mass is 16.5. The highest BCUT2D eigenvalue weighted by Gasteiger charge is 2.41. The third kappa shape index (κ3) is 4.58. The Balaban J connectivity index is 1.64. The monoisotopic (exact) mass is 470 g/mol. The number of Topliss-reactive ketones (excluding diaryl/α,β-unsaturated/α-hetero) is 1. The maximum absolute atomic E-state index is 13.7. The molecule has 1 aromatic heterocycles. The first-order valence-corrected chi connectivity index (χ1v) is 11.9. The quantitative estimate of drug-likeness (QED) is 0.520. The van der Waals surface area contributed by atoms with Crippen LogP contribution in [-0.2, 0) is 9.59 Å². The molecule has 3 aromatic rings. The zero-order chi connectivity index (χ0) is 24.7. The van der Waals surface area contributed by atoms with Gasteiger partial charge in [0, 0.05) is 23.8 Å². The van der Waals surface area contributed by atoms with E-state index in [4.69, 9.17) is 4.52 Å². The van der Waals surface area contributed by atoms with E-state index in [1.807, 2.05) is 48.2 Å². The molecule has 0 radical (unpaired) electrons. The number of aryl methyl sites for hydroxylation is 2. The fraction of sp³-hybridized carbons (Fsp3) is 0.321. The van der Waals surface area contributed by atoms with Gasteiger partial charge >= 0.3 is 0 Å². The molecule has 1 atom stereocenters. The molecule has 5 rings (SSSR count). The molecule has 0 spiro atoms. The summed E-state index contributed by atoms with van der Waals surface area (Å²) in [6, 6.07) is 17.4. The van der Waals surface area contributed by atoms with Gasteiger partial charge in [0.25, 0.3) is 0 Å². The van der Waals surface area contributed by atoms with E-state index in [1.165, 1.54) is 0 Å². The van der Waals surface area contributed by atoms with Crippen LogP contribution >= 0.6 is 0 Å². The van der Waals surface area contributed by atoms with Gasteiger partial charge < -0.3 is 20.1 Å². The summed E-state index contributed by atoms with van der Waals surface area (Å²) in [5, 5.41) is 10.3. The Morgan fingerprint density at radius 1 is 1.14 bits per heavy atom. The van der Waals surface area contributed by atoms with Crippen LogP contribution in [0.3, 0.4) is 0 Å². The topological polar surface area (TPSA) is 87.5 Å². The van der Waals surface area contributed by atoms with Crippen LogP contribution in [0.5, 0.6) is 0 Å². The molecule has 0 saturated carbocycles. The molecule has 2 N–H and O–H groups in total. The van der Waals surface area contributed by atoms with Crippen LogP contribution in [0.15, 0.2) is 70.4 Å². The molecule has 1 aliphatic carbocycles. The lowest BCUT2D eigenvalue weighted by Gasteiger charge is -2.37. The zero-order valence-corrected chi connectivity index (χ0v) is 20.5. The summed E-state index contributed by atoms with van der Waals surface area (Å²) in [5.74, 6) is 0.862. The Hall–Kier alpha value is -3.87. The first-order valence-electron chi connectivity index (χ1n) is 11.9. The summed E-state index contributed by atoms with van der Waals surface area (Å²) < 4.78 is 5.10. The standard InChI is InChI=1S/C28H30N4O3/c1-17-9-11-19(12-10-17)27-26-21(14-28(3,4)15-23(26)33)29-20-7-5-6-8-22(20)32(27)16-25(34)30-24-13-18(2)35-31-24/h5-13,27,29H,14-16H2,1-4H3,(H,30,31,34)/t27-/m0/s1. The molecular weight excluding hydrogens is 440 g/mol. The van der Waals surface area contributed by atoms with Crippen LogP contribution in [-0.4, -0.2) is 23.4 Å². The fourth-order valence-electron chi connectivity index (χ4n) is 5.08. The number of fused-ring (bicyclic) bond motifs is 1. The van der Waals surface area contributed by atoms with Gasteiger partial charge in [-0.05, 0) is 43.4 Å². The summed E-state index contributed by atoms with van der Waals surface area (Å²) in [7, 11) is 0. The summed E-state index contributed by atoms with van der Waals surface area (Å²) in [4.78, 5) is 28.9. The van der Waals surface area contributed by atoms with Crippen molar-refractivity contribution in [1.29, 1.82) is 0 Å². The minimum Gasteiger partial charge on any atom is -0.360 e. The van der Waals surface area contributed by atoms with E-state index in [-0.39, 0.29) is 23.7 Å². The van der Waals surface area contributed by atoms with Crippen molar-refractivity contribution >= 4 is 28.9 Å². The number of hydrogen-bond donors (Lipinski definition) is 2. The predicted octanol–water partition coefficient (Wildman–Crippen LogP) is 5.55. The maximum atomic E-state index is 13.7. The molecule has 2 aromatic carbocycles. The van der Waals surface area contributed by atoms with Gasteiger partial charge in [0.2, 0.25) is 5.91 Å². The second-order valence-electron chi connectivity index (χ2n) is 10.3. The number of nitrogens with one attached hydrogen (secondary N) is 2. The zero-order valence-electron chi connectivity index (χ0n) is 20.5. The van der Waals surface area contributed by atoms with Gasteiger partial charge in [-0.25, -0.2) is 0 Å². The highest BCUT2D eigenvalue weighted by molar-refractivity contribution is 6.02. The van der Waals surface area contributed by atoms with Crippen LogP contribution in [0.4, 0.5) is 17.2 Å². The molecule has 0 unspecified atom stereocenters. The number of anilines is 3. The lowest BCUT2D eigenvalue weighted by atomic mass is 9.73. The molecular formula is C28H30N4O3. The van der Waals surface area contributed by atoms with E-state index in [0.29, 0.717) is 18.0 Å². The SMILES string of the molecule is Cc1ccc([C@H]2C3=C(CC(C)(C)CC3=O)Nc3ccccc3N2CC(=O)Nc2cc(C)on2)cc1. The van der Waals surface area contributed by atoms with Crippen LogP contribution in [0, 0.1) is 19.3 Å². The molecule has 0 fully saturated rings. The Morgan fingerprint density at radius 3 is 2.60 bits per heavy atom. The molecule has 2 aliphatic rings. The lowest BCUT2D eigenvalue weighted by Crippen LogP contribution is -2.40. The number of ketones is 1. The van der Waals surface area contributed by atoms with Crippen LogP contribution < -0.4 is 15.5 Å². The second-order valence-corrected chi connectivity index (χ2v) is 10.3. The fourth-order valence-corrected chi connectivity index (χ4v) is 5.08. The van der Waals surface area contributed by atoms with Gasteiger partial charge in [-0.2, -0.15) is 0 Å². The van der Waals surface area contributed by atoms with Crippen molar-refractivity contribution in [3.05, 3.63) is 82.8 Å². The van der Waals surface area contributed by atoms with Gasteiger partial charge in [-0.3, -0.25) is 9.59 Å². The van der Waals surface area contributed by atoms with E-state index < -0.39 is 6.04 Å². The Bertz CT molecular complexity index is 1320. The van der Waals surface area contributed by atoms with Crippen molar-refractivity contribution in [3.8, 4) is 0 Å². The number of amides is 1. The highest BCUT2D eigenvalue weighted by Crippen LogP contribution is 2.48. The smallest absolute Gasteiger partial charge is 0.245 e. The van der Waals surface area contributed by atoms with Crippen molar-refractivity contribution in [2.45, 2.75) is 46.6 Å². The van der Waals surface area contributed by atoms with Crippen LogP contribution in [0.2, 0.25) is 0 Å². The number of rotatable bonds is 4. The van der Waals surface area contributed by atoms with E-state index in [9.17, 15) is 9.59 Å². The van der Waals surface area contributed by atoms with Crippen LogP contribution in [0.1, 0.15) is 49.6 Å². The number of carbonyl (C=O) groups is 2. The van der Waals surface area contributed by atoms with Gasteiger partial charge in [0.1, 0.15) is 5.76 Å². The first kappa shape index (κ1) is 22.9. The minimum absolute atomic E-state index is 0.0383.